The standard InChI is InChI=1S/C18H19N5O/c24-18-21-9-10-23(18)16-5-1-13(2-6-16)11-19-12-15-4-3-14-7-8-20-17(14)22-15/h1-8,19H,9-12H2,(H,20,22)(H,21,24). The van der Waals surface area contributed by atoms with Gasteiger partial charge in [0.1, 0.15) is 5.65 Å². The van der Waals surface area contributed by atoms with E-state index in [9.17, 15) is 4.79 Å². The highest BCUT2D eigenvalue weighted by Gasteiger charge is 2.20. The summed E-state index contributed by atoms with van der Waals surface area (Å²) in [5, 5.41) is 7.34. The first kappa shape index (κ1) is 14.7. The maximum atomic E-state index is 11.7. The molecule has 2 aromatic heterocycles. The SMILES string of the molecule is O=C1NCCN1c1ccc(CNCc2ccc3cc[nH]c3n2)cc1. The highest BCUT2D eigenvalue weighted by Crippen LogP contribution is 2.17. The molecule has 0 unspecified atom stereocenters. The van der Waals surface area contributed by atoms with Crippen LogP contribution in [0.2, 0.25) is 0 Å². The Morgan fingerprint density at radius 2 is 1.96 bits per heavy atom. The van der Waals surface area contributed by atoms with Crippen molar-refractivity contribution in [2.24, 2.45) is 0 Å². The molecular formula is C18H19N5O. The number of aromatic nitrogens is 2. The number of nitrogens with zero attached hydrogens (tertiary/aromatic N) is 2. The highest BCUT2D eigenvalue weighted by atomic mass is 16.2. The number of nitrogens with one attached hydrogen (secondary N) is 3. The zero-order chi connectivity index (χ0) is 16.4. The highest BCUT2D eigenvalue weighted by molar-refractivity contribution is 5.93. The molecule has 24 heavy (non-hydrogen) atoms. The lowest BCUT2D eigenvalue weighted by molar-refractivity contribution is 0.252. The van der Waals surface area contributed by atoms with E-state index in [0.29, 0.717) is 13.1 Å². The molecule has 122 valence electrons. The summed E-state index contributed by atoms with van der Waals surface area (Å²) < 4.78 is 0. The number of benzene rings is 1. The molecule has 3 N–H and O–H groups in total. The predicted octanol–water partition coefficient (Wildman–Crippen LogP) is 2.38. The van der Waals surface area contributed by atoms with Crippen LogP contribution in [-0.4, -0.2) is 29.1 Å². The molecule has 6 heteroatoms. The van der Waals surface area contributed by atoms with Crippen LogP contribution in [0.15, 0.2) is 48.7 Å². The van der Waals surface area contributed by atoms with E-state index in [1.165, 1.54) is 5.56 Å². The van der Waals surface area contributed by atoms with Gasteiger partial charge in [0.2, 0.25) is 0 Å². The molecule has 6 nitrogen and oxygen atoms in total. The van der Waals surface area contributed by atoms with Crippen LogP contribution < -0.4 is 15.5 Å². The Morgan fingerprint density at radius 3 is 2.75 bits per heavy atom. The molecule has 4 rings (SSSR count). The minimum atomic E-state index is -0.0216. The summed E-state index contributed by atoms with van der Waals surface area (Å²) in [6.07, 6.45) is 1.90. The first-order valence-electron chi connectivity index (χ1n) is 8.08. The van der Waals surface area contributed by atoms with E-state index in [1.807, 2.05) is 30.5 Å². The maximum Gasteiger partial charge on any atom is 0.321 e. The molecule has 1 saturated heterocycles. The van der Waals surface area contributed by atoms with E-state index in [1.54, 1.807) is 4.90 Å². The maximum absolute atomic E-state index is 11.7. The second-order valence-electron chi connectivity index (χ2n) is 5.87. The van der Waals surface area contributed by atoms with Gasteiger partial charge in [0, 0.05) is 43.4 Å². The second kappa shape index (κ2) is 6.33. The summed E-state index contributed by atoms with van der Waals surface area (Å²) >= 11 is 0. The molecule has 0 atom stereocenters. The van der Waals surface area contributed by atoms with Crippen LogP contribution in [0.5, 0.6) is 0 Å². The fourth-order valence-electron chi connectivity index (χ4n) is 2.92. The lowest BCUT2D eigenvalue weighted by Gasteiger charge is -2.14. The Balaban J connectivity index is 1.34. The van der Waals surface area contributed by atoms with Gasteiger partial charge in [-0.15, -0.1) is 0 Å². The molecule has 1 aromatic carbocycles. The summed E-state index contributed by atoms with van der Waals surface area (Å²) in [7, 11) is 0. The van der Waals surface area contributed by atoms with Crippen molar-refractivity contribution in [3.8, 4) is 0 Å². The smallest absolute Gasteiger partial charge is 0.321 e. The van der Waals surface area contributed by atoms with Crippen molar-refractivity contribution >= 4 is 22.8 Å². The second-order valence-corrected chi connectivity index (χ2v) is 5.87. The molecule has 0 aliphatic carbocycles. The van der Waals surface area contributed by atoms with Crippen molar-refractivity contribution in [1.82, 2.24) is 20.6 Å². The number of pyridine rings is 1. The Bertz CT molecular complexity index is 855. The summed E-state index contributed by atoms with van der Waals surface area (Å²) in [4.78, 5) is 21.1. The third-order valence-corrected chi connectivity index (χ3v) is 4.21. The van der Waals surface area contributed by atoms with E-state index < -0.39 is 0 Å². The Kier molecular flexibility index (Phi) is 3.88. The number of H-pyrrole nitrogens is 1. The number of fused-ring (bicyclic) bond motifs is 1. The fourth-order valence-corrected chi connectivity index (χ4v) is 2.92. The molecule has 3 heterocycles. The number of aromatic amines is 1. The number of hydrogen-bond acceptors (Lipinski definition) is 3. The number of anilines is 1. The van der Waals surface area contributed by atoms with Gasteiger partial charge in [-0.05, 0) is 35.9 Å². The average molecular weight is 321 g/mol. The molecule has 0 bridgehead atoms. The number of rotatable bonds is 5. The van der Waals surface area contributed by atoms with Gasteiger partial charge in [0.05, 0.1) is 5.69 Å². The number of urea groups is 1. The molecule has 0 spiro atoms. The van der Waals surface area contributed by atoms with Crippen LogP contribution in [0, 0.1) is 0 Å². The average Bonchev–Trinajstić information content (AvgIpc) is 3.24. The molecule has 0 radical (unpaired) electrons. The van der Waals surface area contributed by atoms with Crippen LogP contribution in [0.3, 0.4) is 0 Å². The molecule has 1 aliphatic heterocycles. The first-order valence-corrected chi connectivity index (χ1v) is 8.08. The van der Waals surface area contributed by atoms with Crippen LogP contribution in [0.1, 0.15) is 11.3 Å². The van der Waals surface area contributed by atoms with Crippen molar-refractivity contribution in [3.63, 3.8) is 0 Å². The van der Waals surface area contributed by atoms with Gasteiger partial charge < -0.3 is 15.6 Å². The Labute approximate surface area is 139 Å². The monoisotopic (exact) mass is 321 g/mol. The minimum Gasteiger partial charge on any atom is -0.346 e. The minimum absolute atomic E-state index is 0.0216. The van der Waals surface area contributed by atoms with Gasteiger partial charge in [-0.3, -0.25) is 4.90 Å². The third-order valence-electron chi connectivity index (χ3n) is 4.21. The summed E-state index contributed by atoms with van der Waals surface area (Å²) in [6.45, 7) is 2.91. The van der Waals surface area contributed by atoms with Crippen molar-refractivity contribution in [2.45, 2.75) is 13.1 Å². The van der Waals surface area contributed by atoms with Crippen LogP contribution >= 0.6 is 0 Å². The van der Waals surface area contributed by atoms with E-state index in [4.69, 9.17) is 0 Å². The Hall–Kier alpha value is -2.86. The van der Waals surface area contributed by atoms with Gasteiger partial charge in [0.25, 0.3) is 0 Å². The molecule has 0 saturated carbocycles. The lowest BCUT2D eigenvalue weighted by Crippen LogP contribution is -2.27. The normalized spacial score (nSPS) is 14.3. The number of carbonyl (C=O) groups excluding carboxylic acids is 1. The summed E-state index contributed by atoms with van der Waals surface area (Å²) in [5.41, 5.74) is 4.05. The van der Waals surface area contributed by atoms with Crippen molar-refractivity contribution in [2.75, 3.05) is 18.0 Å². The topological polar surface area (TPSA) is 73.1 Å². The largest absolute Gasteiger partial charge is 0.346 e. The van der Waals surface area contributed by atoms with Crippen LogP contribution in [-0.2, 0) is 13.1 Å². The molecule has 3 aromatic rings. The lowest BCUT2D eigenvalue weighted by atomic mass is 10.2. The summed E-state index contributed by atoms with van der Waals surface area (Å²) in [6, 6.07) is 14.2. The summed E-state index contributed by atoms with van der Waals surface area (Å²) in [5.74, 6) is 0. The van der Waals surface area contributed by atoms with Gasteiger partial charge in [0.15, 0.2) is 0 Å². The molecule has 1 aliphatic rings. The number of hydrogen-bond donors (Lipinski definition) is 3. The van der Waals surface area contributed by atoms with E-state index in [0.717, 1.165) is 35.5 Å². The first-order chi connectivity index (χ1) is 11.8. The van der Waals surface area contributed by atoms with Gasteiger partial charge in [-0.2, -0.15) is 0 Å². The van der Waals surface area contributed by atoms with Crippen LogP contribution in [0.25, 0.3) is 11.0 Å². The molecule has 2 amide bonds. The Morgan fingerprint density at radius 1 is 1.08 bits per heavy atom. The van der Waals surface area contributed by atoms with Crippen LogP contribution in [0.4, 0.5) is 10.5 Å². The fraction of sp³-hybridized carbons (Fsp3) is 0.222. The quantitative estimate of drug-likeness (QED) is 0.675. The van der Waals surface area contributed by atoms with Gasteiger partial charge >= 0.3 is 6.03 Å². The van der Waals surface area contributed by atoms with E-state index >= 15 is 0 Å². The van der Waals surface area contributed by atoms with Crippen molar-refractivity contribution in [3.05, 3.63) is 59.9 Å². The third kappa shape index (κ3) is 2.96. The molecular weight excluding hydrogens is 302 g/mol. The van der Waals surface area contributed by atoms with Gasteiger partial charge in [-0.25, -0.2) is 9.78 Å². The predicted molar refractivity (Wildman–Crippen MR) is 93.8 cm³/mol. The zero-order valence-electron chi connectivity index (χ0n) is 13.2. The van der Waals surface area contributed by atoms with Gasteiger partial charge in [-0.1, -0.05) is 12.1 Å². The van der Waals surface area contributed by atoms with Crippen molar-refractivity contribution in [1.29, 1.82) is 0 Å². The number of carbonyl (C=O) groups is 1. The molecule has 1 fully saturated rings. The van der Waals surface area contributed by atoms with E-state index in [-0.39, 0.29) is 6.03 Å². The van der Waals surface area contributed by atoms with E-state index in [2.05, 4.69) is 38.8 Å². The van der Waals surface area contributed by atoms with Crippen molar-refractivity contribution < 1.29 is 4.79 Å². The zero-order valence-corrected chi connectivity index (χ0v) is 13.2. The number of amides is 2.